The zero-order valence-electron chi connectivity index (χ0n) is 17.4. The second kappa shape index (κ2) is 10.2. The summed E-state index contributed by atoms with van der Waals surface area (Å²) in [6, 6.07) is 8.32. The van der Waals surface area contributed by atoms with Crippen LogP contribution in [-0.4, -0.2) is 30.6 Å². The molecule has 1 aliphatic heterocycles. The number of allylic oxidation sites excluding steroid dienone is 1. The van der Waals surface area contributed by atoms with Gasteiger partial charge in [0.15, 0.2) is 16.6 Å². The lowest BCUT2D eigenvalue weighted by molar-refractivity contribution is -0.122. The summed E-state index contributed by atoms with van der Waals surface area (Å²) in [6.45, 7) is 6.10. The van der Waals surface area contributed by atoms with Gasteiger partial charge < -0.3 is 9.47 Å². The Morgan fingerprint density at radius 3 is 2.66 bits per heavy atom. The van der Waals surface area contributed by atoms with Crippen LogP contribution in [0.2, 0.25) is 10.0 Å². The number of carbonyl (C=O) groups excluding carboxylic acids is 2. The third-order valence-corrected chi connectivity index (χ3v) is 5.71. The van der Waals surface area contributed by atoms with Gasteiger partial charge in [0.2, 0.25) is 0 Å². The Kier molecular flexibility index (Phi) is 7.56. The van der Waals surface area contributed by atoms with Crippen molar-refractivity contribution in [1.82, 2.24) is 5.32 Å². The fraction of sp³-hybridized carbons (Fsp3) is 0.174. The zero-order valence-corrected chi connectivity index (χ0v) is 19.7. The van der Waals surface area contributed by atoms with Gasteiger partial charge in [0.25, 0.3) is 11.8 Å². The molecule has 1 N–H and O–H groups in total. The van der Waals surface area contributed by atoms with E-state index in [4.69, 9.17) is 44.9 Å². The number of hydrogen-bond acceptors (Lipinski definition) is 5. The van der Waals surface area contributed by atoms with E-state index in [1.54, 1.807) is 30.3 Å². The van der Waals surface area contributed by atoms with Gasteiger partial charge in [-0.2, -0.15) is 0 Å². The fourth-order valence-corrected chi connectivity index (χ4v) is 3.90. The molecular formula is C23H20Cl2N2O4S. The molecule has 3 rings (SSSR count). The average molecular weight is 491 g/mol. The van der Waals surface area contributed by atoms with E-state index in [1.165, 1.54) is 13.2 Å². The van der Waals surface area contributed by atoms with Gasteiger partial charge in [-0.25, -0.2) is 0 Å². The minimum absolute atomic E-state index is 0.0852. The Bertz CT molecular complexity index is 1150. The standard InChI is InChI=1S/C23H20Cl2N2O4S/c1-4-7-14-10-13(12-18(30-3)20(14)31-5-2)11-15-21(28)26-23(32)27(22(15)29)17-9-6-8-16(24)19(17)25/h4,6,8-12H,1,5,7H2,2-3H3,(H,26,28,32)/b15-11+. The maximum Gasteiger partial charge on any atom is 0.270 e. The normalized spacial score (nSPS) is 15.1. The third kappa shape index (κ3) is 4.65. The second-order valence-corrected chi connectivity index (χ2v) is 7.84. The first-order chi connectivity index (χ1) is 15.3. The van der Waals surface area contributed by atoms with Gasteiger partial charge in [-0.15, -0.1) is 6.58 Å². The molecule has 0 bridgehead atoms. The molecule has 0 aromatic heterocycles. The van der Waals surface area contributed by atoms with E-state index in [0.717, 1.165) is 10.5 Å². The summed E-state index contributed by atoms with van der Waals surface area (Å²) in [5.41, 5.74) is 1.54. The minimum Gasteiger partial charge on any atom is -0.493 e. The number of thiocarbonyl (C=S) groups is 1. The number of benzene rings is 2. The molecule has 1 aliphatic rings. The lowest BCUT2D eigenvalue weighted by Gasteiger charge is -2.29. The van der Waals surface area contributed by atoms with Crippen LogP contribution in [0.5, 0.6) is 11.5 Å². The van der Waals surface area contributed by atoms with E-state index in [1.807, 2.05) is 13.0 Å². The number of nitrogens with one attached hydrogen (secondary N) is 1. The first-order valence-electron chi connectivity index (χ1n) is 9.62. The monoisotopic (exact) mass is 490 g/mol. The Morgan fingerprint density at radius 2 is 2.00 bits per heavy atom. The molecule has 9 heteroatoms. The topological polar surface area (TPSA) is 67.9 Å². The van der Waals surface area contributed by atoms with E-state index in [9.17, 15) is 9.59 Å². The highest BCUT2D eigenvalue weighted by Crippen LogP contribution is 2.36. The van der Waals surface area contributed by atoms with Gasteiger partial charge in [0.1, 0.15) is 5.57 Å². The maximum absolute atomic E-state index is 13.3. The van der Waals surface area contributed by atoms with Crippen LogP contribution in [0.4, 0.5) is 5.69 Å². The summed E-state index contributed by atoms with van der Waals surface area (Å²) in [7, 11) is 1.52. The fourth-order valence-electron chi connectivity index (χ4n) is 3.24. The summed E-state index contributed by atoms with van der Waals surface area (Å²) in [5, 5.41) is 2.85. The molecule has 0 spiro atoms. The second-order valence-electron chi connectivity index (χ2n) is 6.67. The van der Waals surface area contributed by atoms with Crippen molar-refractivity contribution in [3.8, 4) is 11.5 Å². The zero-order chi connectivity index (χ0) is 23.4. The van der Waals surface area contributed by atoms with Crippen LogP contribution >= 0.6 is 35.4 Å². The maximum atomic E-state index is 13.3. The van der Waals surface area contributed by atoms with Crippen molar-refractivity contribution < 1.29 is 19.1 Å². The number of amides is 2. The molecule has 2 aromatic rings. The molecule has 32 heavy (non-hydrogen) atoms. The smallest absolute Gasteiger partial charge is 0.270 e. The Hall–Kier alpha value is -2.87. The third-order valence-electron chi connectivity index (χ3n) is 4.61. The van der Waals surface area contributed by atoms with Crippen LogP contribution in [0.25, 0.3) is 6.08 Å². The van der Waals surface area contributed by atoms with Crippen molar-refractivity contribution in [3.05, 3.63) is 69.7 Å². The van der Waals surface area contributed by atoms with Crippen LogP contribution in [0.15, 0.2) is 48.6 Å². The molecule has 0 aliphatic carbocycles. The van der Waals surface area contributed by atoms with Crippen molar-refractivity contribution in [1.29, 1.82) is 0 Å². The summed E-state index contributed by atoms with van der Waals surface area (Å²) in [4.78, 5) is 27.1. The Balaban J connectivity index is 2.10. The molecule has 0 atom stereocenters. The lowest BCUT2D eigenvalue weighted by atomic mass is 10.0. The van der Waals surface area contributed by atoms with Crippen molar-refractivity contribution >= 4 is 64.1 Å². The molecule has 0 saturated carbocycles. The van der Waals surface area contributed by atoms with Crippen molar-refractivity contribution in [3.63, 3.8) is 0 Å². The van der Waals surface area contributed by atoms with Gasteiger partial charge in [0, 0.05) is 5.56 Å². The molecule has 0 unspecified atom stereocenters. The van der Waals surface area contributed by atoms with Crippen LogP contribution < -0.4 is 19.7 Å². The summed E-state index contributed by atoms with van der Waals surface area (Å²) < 4.78 is 11.2. The van der Waals surface area contributed by atoms with E-state index in [2.05, 4.69) is 11.9 Å². The largest absolute Gasteiger partial charge is 0.493 e. The van der Waals surface area contributed by atoms with Crippen molar-refractivity contribution in [2.24, 2.45) is 0 Å². The highest BCUT2D eigenvalue weighted by Gasteiger charge is 2.35. The Labute approximate surface area is 201 Å². The predicted octanol–water partition coefficient (Wildman–Crippen LogP) is 4.96. The van der Waals surface area contributed by atoms with Crippen LogP contribution in [0.3, 0.4) is 0 Å². The van der Waals surface area contributed by atoms with Crippen LogP contribution in [0, 0.1) is 0 Å². The van der Waals surface area contributed by atoms with E-state index >= 15 is 0 Å². The van der Waals surface area contributed by atoms with Crippen molar-refractivity contribution in [2.75, 3.05) is 18.6 Å². The van der Waals surface area contributed by atoms with Gasteiger partial charge in [-0.05, 0) is 61.5 Å². The molecule has 2 aromatic carbocycles. The molecule has 166 valence electrons. The number of nitrogens with zero attached hydrogens (tertiary/aromatic N) is 1. The summed E-state index contributed by atoms with van der Waals surface area (Å²) >= 11 is 17.6. The molecule has 1 saturated heterocycles. The number of anilines is 1. The number of rotatable bonds is 7. The Morgan fingerprint density at radius 1 is 1.25 bits per heavy atom. The van der Waals surface area contributed by atoms with E-state index in [-0.39, 0.29) is 26.4 Å². The molecule has 1 fully saturated rings. The van der Waals surface area contributed by atoms with Crippen LogP contribution in [0.1, 0.15) is 18.1 Å². The van der Waals surface area contributed by atoms with Gasteiger partial charge >= 0.3 is 0 Å². The molecule has 1 heterocycles. The van der Waals surface area contributed by atoms with Gasteiger partial charge in [-0.1, -0.05) is 35.3 Å². The number of hydrogen-bond donors (Lipinski definition) is 1. The predicted molar refractivity (Wildman–Crippen MR) is 131 cm³/mol. The quantitative estimate of drug-likeness (QED) is 0.257. The minimum atomic E-state index is -0.624. The number of ether oxygens (including phenoxy) is 2. The first kappa shape index (κ1) is 23.8. The average Bonchev–Trinajstić information content (AvgIpc) is 2.75. The van der Waals surface area contributed by atoms with Crippen molar-refractivity contribution in [2.45, 2.75) is 13.3 Å². The lowest BCUT2D eigenvalue weighted by Crippen LogP contribution is -2.54. The number of carbonyl (C=O) groups is 2. The van der Waals surface area contributed by atoms with Crippen LogP contribution in [-0.2, 0) is 16.0 Å². The number of methoxy groups -OCH3 is 1. The molecule has 2 amide bonds. The molecule has 0 radical (unpaired) electrons. The van der Waals surface area contributed by atoms with Gasteiger partial charge in [-0.3, -0.25) is 19.8 Å². The van der Waals surface area contributed by atoms with Gasteiger partial charge in [0.05, 0.1) is 29.4 Å². The molecule has 6 nitrogen and oxygen atoms in total. The highest BCUT2D eigenvalue weighted by atomic mass is 35.5. The SMILES string of the molecule is C=CCc1cc(/C=C2\C(=O)NC(=S)N(c3cccc(Cl)c3Cl)C2=O)cc(OC)c1OCC. The highest BCUT2D eigenvalue weighted by molar-refractivity contribution is 7.80. The van der Waals surface area contributed by atoms with E-state index in [0.29, 0.717) is 30.1 Å². The summed E-state index contributed by atoms with van der Waals surface area (Å²) in [6.07, 6.45) is 3.71. The van der Waals surface area contributed by atoms with E-state index < -0.39 is 11.8 Å². The first-order valence-corrected chi connectivity index (χ1v) is 10.8. The summed E-state index contributed by atoms with van der Waals surface area (Å²) in [5.74, 6) is -0.175. The molecular weight excluding hydrogens is 471 g/mol. The number of halogens is 2.